The van der Waals surface area contributed by atoms with Crippen LogP contribution in [0.15, 0.2) is 0 Å². The van der Waals surface area contributed by atoms with Gasteiger partial charge in [0.25, 0.3) is 0 Å². The van der Waals surface area contributed by atoms with E-state index >= 15 is 0 Å². The minimum atomic E-state index is -0.137. The summed E-state index contributed by atoms with van der Waals surface area (Å²) >= 11 is 6.80. The SMILES string of the molecule is CCCCCCCCCC(Cl)(CCO)CCCCCCCCC. The number of halogens is 1. The summed E-state index contributed by atoms with van der Waals surface area (Å²) in [4.78, 5) is -0.137. The first-order valence-electron chi connectivity index (χ1n) is 10.5. The highest BCUT2D eigenvalue weighted by atomic mass is 35.5. The molecule has 0 aromatic heterocycles. The van der Waals surface area contributed by atoms with Crippen LogP contribution < -0.4 is 0 Å². The first-order chi connectivity index (χ1) is 11.2. The van der Waals surface area contributed by atoms with Crippen molar-refractivity contribution in [3.63, 3.8) is 0 Å². The largest absolute Gasteiger partial charge is 0.396 e. The Hall–Kier alpha value is 0.250. The van der Waals surface area contributed by atoms with Crippen molar-refractivity contribution in [3.8, 4) is 0 Å². The summed E-state index contributed by atoms with van der Waals surface area (Å²) in [6.07, 6.45) is 21.6. The van der Waals surface area contributed by atoms with Gasteiger partial charge in [0.05, 0.1) is 0 Å². The summed E-state index contributed by atoms with van der Waals surface area (Å²) in [5, 5.41) is 9.32. The third kappa shape index (κ3) is 15.5. The van der Waals surface area contributed by atoms with E-state index in [-0.39, 0.29) is 11.5 Å². The Kier molecular flexibility index (Phi) is 17.3. The molecule has 0 atom stereocenters. The number of unbranched alkanes of at least 4 members (excludes halogenated alkanes) is 12. The second kappa shape index (κ2) is 17.1. The Balaban J connectivity index is 3.69. The molecule has 0 saturated carbocycles. The van der Waals surface area contributed by atoms with E-state index in [1.165, 1.54) is 89.9 Å². The number of aliphatic hydroxyl groups is 1. The van der Waals surface area contributed by atoms with Crippen molar-refractivity contribution in [2.24, 2.45) is 0 Å². The zero-order valence-corrected chi connectivity index (χ0v) is 16.8. The van der Waals surface area contributed by atoms with Gasteiger partial charge in [-0.1, -0.05) is 104 Å². The maximum atomic E-state index is 9.32. The fraction of sp³-hybridized carbons (Fsp3) is 1.00. The first-order valence-corrected chi connectivity index (χ1v) is 10.9. The summed E-state index contributed by atoms with van der Waals surface area (Å²) in [6, 6.07) is 0. The first kappa shape index (κ1) is 23.2. The molecule has 0 aliphatic rings. The summed E-state index contributed by atoms with van der Waals surface area (Å²) in [6.45, 7) is 4.76. The number of alkyl halides is 1. The molecule has 0 heterocycles. The van der Waals surface area contributed by atoms with E-state index in [4.69, 9.17) is 11.6 Å². The van der Waals surface area contributed by atoms with E-state index in [9.17, 15) is 5.11 Å². The third-order valence-corrected chi connectivity index (χ3v) is 5.58. The van der Waals surface area contributed by atoms with Crippen LogP contribution in [0.25, 0.3) is 0 Å². The van der Waals surface area contributed by atoms with E-state index in [0.29, 0.717) is 0 Å². The van der Waals surface area contributed by atoms with Gasteiger partial charge in [0.1, 0.15) is 0 Å². The number of rotatable bonds is 18. The van der Waals surface area contributed by atoms with Crippen LogP contribution in [0.1, 0.15) is 123 Å². The molecule has 0 bridgehead atoms. The van der Waals surface area contributed by atoms with Crippen LogP contribution >= 0.6 is 11.6 Å². The topological polar surface area (TPSA) is 20.2 Å². The normalized spacial score (nSPS) is 12.0. The molecule has 0 saturated heterocycles. The van der Waals surface area contributed by atoms with E-state index in [2.05, 4.69) is 13.8 Å². The molecule has 0 aliphatic carbocycles. The van der Waals surface area contributed by atoms with E-state index in [0.717, 1.165) is 19.3 Å². The van der Waals surface area contributed by atoms with Gasteiger partial charge in [-0.15, -0.1) is 11.6 Å². The van der Waals surface area contributed by atoms with Gasteiger partial charge in [-0.05, 0) is 19.3 Å². The molecule has 0 radical (unpaired) electrons. The van der Waals surface area contributed by atoms with Crippen molar-refractivity contribution in [2.75, 3.05) is 6.61 Å². The molecule has 0 fully saturated rings. The Morgan fingerprint density at radius 3 is 1.26 bits per heavy atom. The molecular weight excluding hydrogens is 304 g/mol. The highest BCUT2D eigenvalue weighted by Gasteiger charge is 2.25. The highest BCUT2D eigenvalue weighted by Crippen LogP contribution is 2.33. The number of hydrogen-bond donors (Lipinski definition) is 1. The lowest BCUT2D eigenvalue weighted by Gasteiger charge is -2.26. The molecule has 1 N–H and O–H groups in total. The molecule has 2 heteroatoms. The lowest BCUT2D eigenvalue weighted by molar-refractivity contribution is 0.253. The van der Waals surface area contributed by atoms with Crippen LogP contribution in [0.3, 0.4) is 0 Å². The second-order valence-electron chi connectivity index (χ2n) is 7.37. The zero-order chi connectivity index (χ0) is 17.2. The quantitative estimate of drug-likeness (QED) is 0.200. The highest BCUT2D eigenvalue weighted by molar-refractivity contribution is 6.23. The molecular formula is C21H43ClO. The molecule has 0 rings (SSSR count). The average molecular weight is 347 g/mol. The van der Waals surface area contributed by atoms with Crippen LogP contribution in [0.4, 0.5) is 0 Å². The maximum absolute atomic E-state index is 9.32. The van der Waals surface area contributed by atoms with Gasteiger partial charge in [0.15, 0.2) is 0 Å². The van der Waals surface area contributed by atoms with Crippen molar-refractivity contribution < 1.29 is 5.11 Å². The minimum absolute atomic E-state index is 0.137. The monoisotopic (exact) mass is 346 g/mol. The van der Waals surface area contributed by atoms with E-state index < -0.39 is 0 Å². The molecule has 23 heavy (non-hydrogen) atoms. The zero-order valence-electron chi connectivity index (χ0n) is 16.1. The molecule has 140 valence electrons. The summed E-state index contributed by atoms with van der Waals surface area (Å²) in [7, 11) is 0. The Morgan fingerprint density at radius 2 is 0.913 bits per heavy atom. The molecule has 0 aromatic rings. The predicted molar refractivity (Wildman–Crippen MR) is 106 cm³/mol. The van der Waals surface area contributed by atoms with Crippen molar-refractivity contribution in [1.29, 1.82) is 0 Å². The van der Waals surface area contributed by atoms with E-state index in [1.807, 2.05) is 0 Å². The summed E-state index contributed by atoms with van der Waals surface area (Å²) < 4.78 is 0. The maximum Gasteiger partial charge on any atom is 0.0468 e. The van der Waals surface area contributed by atoms with Gasteiger partial charge in [0, 0.05) is 11.5 Å². The van der Waals surface area contributed by atoms with Gasteiger partial charge in [0.2, 0.25) is 0 Å². The van der Waals surface area contributed by atoms with E-state index in [1.54, 1.807) is 0 Å². The van der Waals surface area contributed by atoms with Gasteiger partial charge >= 0.3 is 0 Å². The second-order valence-corrected chi connectivity index (χ2v) is 8.17. The lowest BCUT2D eigenvalue weighted by atomic mass is 9.90. The molecule has 0 aliphatic heterocycles. The Labute approximate surface area is 151 Å². The molecule has 0 spiro atoms. The summed E-state index contributed by atoms with van der Waals surface area (Å²) in [5.41, 5.74) is 0. The average Bonchev–Trinajstić information content (AvgIpc) is 2.53. The van der Waals surface area contributed by atoms with Crippen LogP contribution in [0.5, 0.6) is 0 Å². The third-order valence-electron chi connectivity index (χ3n) is 5.02. The number of aliphatic hydroxyl groups excluding tert-OH is 1. The van der Waals surface area contributed by atoms with Gasteiger partial charge < -0.3 is 5.11 Å². The fourth-order valence-electron chi connectivity index (χ4n) is 3.37. The van der Waals surface area contributed by atoms with Crippen molar-refractivity contribution in [2.45, 2.75) is 128 Å². The molecule has 0 amide bonds. The van der Waals surface area contributed by atoms with Gasteiger partial charge in [-0.2, -0.15) is 0 Å². The van der Waals surface area contributed by atoms with Crippen LogP contribution in [0.2, 0.25) is 0 Å². The Morgan fingerprint density at radius 1 is 0.565 bits per heavy atom. The van der Waals surface area contributed by atoms with Crippen LogP contribution in [0, 0.1) is 0 Å². The minimum Gasteiger partial charge on any atom is -0.396 e. The van der Waals surface area contributed by atoms with Crippen LogP contribution in [-0.4, -0.2) is 16.6 Å². The Bertz CT molecular complexity index is 212. The van der Waals surface area contributed by atoms with Gasteiger partial charge in [-0.25, -0.2) is 0 Å². The lowest BCUT2D eigenvalue weighted by Crippen LogP contribution is -2.23. The fourth-order valence-corrected chi connectivity index (χ4v) is 3.72. The van der Waals surface area contributed by atoms with Crippen molar-refractivity contribution in [3.05, 3.63) is 0 Å². The molecule has 1 nitrogen and oxygen atoms in total. The van der Waals surface area contributed by atoms with Crippen molar-refractivity contribution in [1.82, 2.24) is 0 Å². The summed E-state index contributed by atoms with van der Waals surface area (Å²) in [5.74, 6) is 0. The van der Waals surface area contributed by atoms with Crippen molar-refractivity contribution >= 4 is 11.6 Å². The van der Waals surface area contributed by atoms with Crippen LogP contribution in [-0.2, 0) is 0 Å². The molecule has 0 unspecified atom stereocenters. The number of hydrogen-bond acceptors (Lipinski definition) is 1. The smallest absolute Gasteiger partial charge is 0.0468 e. The van der Waals surface area contributed by atoms with Gasteiger partial charge in [-0.3, -0.25) is 0 Å². The predicted octanol–water partition coefficient (Wildman–Crippen LogP) is 7.63. The standard InChI is InChI=1S/C21H43ClO/c1-3-5-7-9-11-13-15-17-21(22,19-20-23)18-16-14-12-10-8-6-4-2/h23H,3-20H2,1-2H3. The molecule has 0 aromatic carbocycles.